The molecule has 0 aliphatic carbocycles. The van der Waals surface area contributed by atoms with Gasteiger partial charge < -0.3 is 20.6 Å². The lowest BCUT2D eigenvalue weighted by atomic mass is 9.92. The van der Waals surface area contributed by atoms with Crippen molar-refractivity contribution in [3.05, 3.63) is 63.8 Å². The van der Waals surface area contributed by atoms with E-state index in [9.17, 15) is 24.3 Å². The number of aromatic nitrogens is 6. The molecule has 2 aromatic carbocycles. The van der Waals surface area contributed by atoms with Crippen LogP contribution in [0, 0.1) is 5.92 Å². The van der Waals surface area contributed by atoms with Crippen LogP contribution < -0.4 is 26.5 Å². The van der Waals surface area contributed by atoms with Crippen LogP contribution in [0.4, 0.5) is 23.1 Å². The predicted octanol–water partition coefficient (Wildman–Crippen LogP) is 3.95. The third-order valence-electron chi connectivity index (χ3n) is 9.95. The van der Waals surface area contributed by atoms with Gasteiger partial charge in [0.25, 0.3) is 0 Å². The molecular weight excluding hydrogens is 688 g/mol. The Kier molecular flexibility index (Phi) is 9.25. The molecule has 7 rings (SSSR count). The number of piperidine rings is 2. The molecule has 4 N–H and O–H groups in total. The summed E-state index contributed by atoms with van der Waals surface area (Å²) in [5.74, 6) is -0.502. The van der Waals surface area contributed by atoms with E-state index in [0.717, 1.165) is 21.9 Å². The highest BCUT2D eigenvalue weighted by Gasteiger charge is 2.32. The highest BCUT2D eigenvalue weighted by molar-refractivity contribution is 6.33. The molecule has 52 heavy (non-hydrogen) atoms. The van der Waals surface area contributed by atoms with Crippen LogP contribution in [0.25, 0.3) is 21.9 Å². The number of aliphatic hydroxyl groups is 1. The molecule has 2 aliphatic heterocycles. The molecule has 0 spiro atoms. The summed E-state index contributed by atoms with van der Waals surface area (Å²) in [6, 6.07) is 11.1. The minimum Gasteiger partial charge on any atom is -0.390 e. The standard InChI is InChI=1S/C36H41ClN10O5/c1-36(2,52)13-16-47-28-18-21(6-9-26(28)44(3)35(47)51)39-31-25(37)19-38-34(42-31)46-14-11-20(12-15-46)32(49)40-22-5-7-23-27(17-22)45(4)43-30(23)24-8-10-29(48)41-33(24)50/h5-7,9,17-20,24,52H,8,10-16H2,1-4H3,(H,40,49)(H,38,39,42)(H,41,48,50). The number of fused-ring (bicyclic) bond motifs is 2. The van der Waals surface area contributed by atoms with Gasteiger partial charge in [0.2, 0.25) is 23.7 Å². The number of amides is 3. The Morgan fingerprint density at radius 1 is 1.02 bits per heavy atom. The number of hydrogen-bond donors (Lipinski definition) is 4. The number of carbonyl (C=O) groups is 3. The van der Waals surface area contributed by atoms with E-state index in [4.69, 9.17) is 16.6 Å². The van der Waals surface area contributed by atoms with Gasteiger partial charge in [-0.2, -0.15) is 10.1 Å². The molecule has 1 atom stereocenters. The second kappa shape index (κ2) is 13.7. The summed E-state index contributed by atoms with van der Waals surface area (Å²) in [6.45, 7) is 4.94. The van der Waals surface area contributed by atoms with Crippen LogP contribution in [0.15, 0.2) is 47.4 Å². The molecule has 15 nitrogen and oxygen atoms in total. The molecule has 5 aromatic rings. The van der Waals surface area contributed by atoms with Gasteiger partial charge in [0.05, 0.1) is 40.0 Å². The Morgan fingerprint density at radius 3 is 2.48 bits per heavy atom. The summed E-state index contributed by atoms with van der Waals surface area (Å²) >= 11 is 6.52. The quantitative estimate of drug-likeness (QED) is 0.162. The number of nitrogens with zero attached hydrogens (tertiary/aromatic N) is 7. The summed E-state index contributed by atoms with van der Waals surface area (Å²) < 4.78 is 4.93. The number of anilines is 4. The third kappa shape index (κ3) is 6.97. The first kappa shape index (κ1) is 35.1. The average molecular weight is 729 g/mol. The van der Waals surface area contributed by atoms with Crippen LogP contribution in [0.1, 0.15) is 57.6 Å². The van der Waals surface area contributed by atoms with E-state index in [1.54, 1.807) is 48.0 Å². The van der Waals surface area contributed by atoms with Crippen molar-refractivity contribution < 1.29 is 19.5 Å². The largest absolute Gasteiger partial charge is 0.390 e. The monoisotopic (exact) mass is 728 g/mol. The number of imide groups is 1. The molecule has 0 radical (unpaired) electrons. The first-order chi connectivity index (χ1) is 24.8. The van der Waals surface area contributed by atoms with Crippen molar-refractivity contribution in [1.29, 1.82) is 0 Å². The lowest BCUT2D eigenvalue weighted by Gasteiger charge is -2.31. The number of benzene rings is 2. The first-order valence-electron chi connectivity index (χ1n) is 17.3. The number of rotatable bonds is 9. The number of halogens is 1. The fourth-order valence-electron chi connectivity index (χ4n) is 6.99. The minimum absolute atomic E-state index is 0.0803. The van der Waals surface area contributed by atoms with Crippen molar-refractivity contribution in [1.82, 2.24) is 34.2 Å². The molecule has 3 amide bonds. The van der Waals surface area contributed by atoms with Crippen LogP contribution in [-0.2, 0) is 35.0 Å². The van der Waals surface area contributed by atoms with E-state index in [1.165, 1.54) is 0 Å². The van der Waals surface area contributed by atoms with Gasteiger partial charge in [-0.3, -0.25) is 33.5 Å². The van der Waals surface area contributed by atoms with Gasteiger partial charge in [-0.1, -0.05) is 11.6 Å². The van der Waals surface area contributed by atoms with Gasteiger partial charge in [0.1, 0.15) is 5.02 Å². The second-order valence-electron chi connectivity index (χ2n) is 14.2. The van der Waals surface area contributed by atoms with Crippen LogP contribution in [-0.4, -0.2) is 70.4 Å². The smallest absolute Gasteiger partial charge is 0.328 e. The number of carbonyl (C=O) groups excluding carboxylic acids is 3. The molecule has 272 valence electrons. The Labute approximate surface area is 304 Å². The van der Waals surface area contributed by atoms with E-state index in [0.29, 0.717) is 79.2 Å². The molecular formula is C36H41ClN10O5. The van der Waals surface area contributed by atoms with E-state index >= 15 is 0 Å². The van der Waals surface area contributed by atoms with Gasteiger partial charge in [-0.05, 0) is 75.9 Å². The summed E-state index contributed by atoms with van der Waals surface area (Å²) in [4.78, 5) is 61.7. The summed E-state index contributed by atoms with van der Waals surface area (Å²) in [5.41, 5.74) is 3.14. The fourth-order valence-corrected chi connectivity index (χ4v) is 7.12. The zero-order valence-electron chi connectivity index (χ0n) is 29.4. The van der Waals surface area contributed by atoms with Gasteiger partial charge in [-0.15, -0.1) is 0 Å². The number of imidazole rings is 1. The molecule has 2 aliphatic rings. The van der Waals surface area contributed by atoms with Crippen LogP contribution in [0.5, 0.6) is 0 Å². The predicted molar refractivity (Wildman–Crippen MR) is 198 cm³/mol. The van der Waals surface area contributed by atoms with Crippen LogP contribution >= 0.6 is 11.6 Å². The molecule has 16 heteroatoms. The van der Waals surface area contributed by atoms with Gasteiger partial charge in [0, 0.05) is 62.8 Å². The topological polar surface area (TPSA) is 181 Å². The Balaban J connectivity index is 1.00. The maximum atomic E-state index is 13.4. The highest BCUT2D eigenvalue weighted by Crippen LogP contribution is 2.33. The maximum absolute atomic E-state index is 13.4. The van der Waals surface area contributed by atoms with Crippen molar-refractivity contribution >= 4 is 74.4 Å². The molecule has 1 unspecified atom stereocenters. The second-order valence-corrected chi connectivity index (χ2v) is 14.7. The van der Waals surface area contributed by atoms with E-state index in [2.05, 4.69) is 26.0 Å². The van der Waals surface area contributed by atoms with Crippen molar-refractivity contribution in [3.8, 4) is 0 Å². The Morgan fingerprint density at radius 2 is 1.75 bits per heavy atom. The SMILES string of the molecule is Cn1nc(C2CCC(=O)NC2=O)c2ccc(NC(=O)C3CCN(c4ncc(Cl)c(Nc5ccc6c(c5)n(CCC(C)(C)O)c(=O)n6C)n4)CC3)cc21. The van der Waals surface area contributed by atoms with E-state index in [1.807, 2.05) is 41.3 Å². The molecule has 3 aromatic heterocycles. The highest BCUT2D eigenvalue weighted by atomic mass is 35.5. The van der Waals surface area contributed by atoms with Crippen LogP contribution in [0.2, 0.25) is 5.02 Å². The average Bonchev–Trinajstić information content (AvgIpc) is 3.55. The summed E-state index contributed by atoms with van der Waals surface area (Å²) in [7, 11) is 3.52. The number of hydrogen-bond acceptors (Lipinski definition) is 10. The van der Waals surface area contributed by atoms with E-state index < -0.39 is 11.5 Å². The van der Waals surface area contributed by atoms with Crippen molar-refractivity contribution in [3.63, 3.8) is 0 Å². The summed E-state index contributed by atoms with van der Waals surface area (Å²) in [5, 5.41) is 24.7. The van der Waals surface area contributed by atoms with Gasteiger partial charge >= 0.3 is 5.69 Å². The molecule has 5 heterocycles. The minimum atomic E-state index is -0.914. The summed E-state index contributed by atoms with van der Waals surface area (Å²) in [6.07, 6.45) is 3.84. The molecule has 2 fully saturated rings. The molecule has 0 saturated carbocycles. The number of nitrogens with one attached hydrogen (secondary N) is 3. The van der Waals surface area contributed by atoms with Gasteiger partial charge in [-0.25, -0.2) is 9.78 Å². The van der Waals surface area contributed by atoms with E-state index in [-0.39, 0.29) is 35.8 Å². The van der Waals surface area contributed by atoms with Gasteiger partial charge in [0.15, 0.2) is 5.82 Å². The third-order valence-corrected chi connectivity index (χ3v) is 10.2. The lowest BCUT2D eigenvalue weighted by molar-refractivity contribution is -0.134. The number of aryl methyl sites for hydroxylation is 3. The normalized spacial score (nSPS) is 17.2. The molecule has 0 bridgehead atoms. The zero-order valence-corrected chi connectivity index (χ0v) is 30.2. The van der Waals surface area contributed by atoms with Crippen molar-refractivity contribution in [2.45, 2.75) is 64.0 Å². The first-order valence-corrected chi connectivity index (χ1v) is 17.7. The van der Waals surface area contributed by atoms with Crippen molar-refractivity contribution in [2.24, 2.45) is 20.0 Å². The Hall–Kier alpha value is -5.28. The lowest BCUT2D eigenvalue weighted by Crippen LogP contribution is -2.39. The van der Waals surface area contributed by atoms with Crippen molar-refractivity contribution in [2.75, 3.05) is 28.6 Å². The fraction of sp³-hybridized carbons (Fsp3) is 0.417. The maximum Gasteiger partial charge on any atom is 0.328 e. The van der Waals surface area contributed by atoms with Crippen LogP contribution in [0.3, 0.4) is 0 Å². The molecule has 2 saturated heterocycles. The Bertz CT molecular complexity index is 2280. The zero-order chi connectivity index (χ0) is 36.9.